The van der Waals surface area contributed by atoms with Crippen LogP contribution in [-0.4, -0.2) is 0 Å². The maximum absolute atomic E-state index is 5.54. The molecule has 0 atom stereocenters. The number of hydrogen-bond donors (Lipinski definition) is 1. The molecular weight excluding hydrogens is 150 g/mol. The van der Waals surface area contributed by atoms with Crippen LogP contribution < -0.4 is 5.73 Å². The zero-order chi connectivity index (χ0) is 8.39. The van der Waals surface area contributed by atoms with Gasteiger partial charge in [-0.1, -0.05) is 6.07 Å². The Balaban J connectivity index is 2.48. The molecule has 0 aliphatic heterocycles. The third-order valence-electron chi connectivity index (χ3n) is 1.56. The summed E-state index contributed by atoms with van der Waals surface area (Å²) in [7, 11) is 0. The second kappa shape index (κ2) is 2.63. The van der Waals surface area contributed by atoms with Crippen molar-refractivity contribution in [2.45, 2.75) is 0 Å². The Morgan fingerprint density at radius 3 is 3.00 bits per heavy atom. The fourth-order valence-corrected chi connectivity index (χ4v) is 1.03. The van der Waals surface area contributed by atoms with Gasteiger partial charge in [0.25, 0.3) is 0 Å². The zero-order valence-electron chi connectivity index (χ0n) is 6.37. The first kappa shape index (κ1) is 6.81. The van der Waals surface area contributed by atoms with E-state index in [-0.39, 0.29) is 0 Å². The molecule has 2 nitrogen and oxygen atoms in total. The summed E-state index contributed by atoms with van der Waals surface area (Å²) < 4.78 is 5.19. The van der Waals surface area contributed by atoms with Gasteiger partial charge in [0.2, 0.25) is 0 Å². The molecule has 0 aliphatic rings. The minimum Gasteiger partial charge on any atom is -0.464 e. The molecule has 0 aliphatic carbocycles. The summed E-state index contributed by atoms with van der Waals surface area (Å²) >= 11 is 0. The number of nitrogen functional groups attached to an aromatic ring is 1. The van der Waals surface area contributed by atoms with Crippen molar-refractivity contribution in [3.8, 4) is 11.3 Å². The quantitative estimate of drug-likeness (QED) is 0.688. The minimum atomic E-state index is 0.573. The molecule has 0 radical (unpaired) electrons. The molecule has 1 aromatic heterocycles. The van der Waals surface area contributed by atoms with E-state index in [0.717, 1.165) is 11.3 Å². The van der Waals surface area contributed by atoms with Crippen LogP contribution in [0, 0.1) is 12.1 Å². The molecular formula is C10H7NO. The van der Waals surface area contributed by atoms with E-state index in [9.17, 15) is 0 Å². The second-order valence-corrected chi connectivity index (χ2v) is 2.45. The fraction of sp³-hybridized carbons (Fsp3) is 0. The third kappa shape index (κ3) is 1.13. The van der Waals surface area contributed by atoms with Crippen LogP contribution in [0.25, 0.3) is 11.3 Å². The lowest BCUT2D eigenvalue weighted by Crippen LogP contribution is -1.82. The smallest absolute Gasteiger partial charge is 0.134 e. The molecule has 58 valence electrons. The largest absolute Gasteiger partial charge is 0.464 e. The van der Waals surface area contributed by atoms with Crippen LogP contribution in [0.2, 0.25) is 0 Å². The van der Waals surface area contributed by atoms with Gasteiger partial charge in [0.1, 0.15) is 5.76 Å². The predicted molar refractivity (Wildman–Crippen MR) is 46.2 cm³/mol. The standard InChI is InChI=1S/C10H7NO/c11-9-4-1-3-8(7-9)10-5-2-6-12-10/h2-3,5-7H,11H2. The van der Waals surface area contributed by atoms with Crippen molar-refractivity contribution in [1.29, 1.82) is 0 Å². The third-order valence-corrected chi connectivity index (χ3v) is 1.56. The second-order valence-electron chi connectivity index (χ2n) is 2.45. The molecule has 12 heavy (non-hydrogen) atoms. The van der Waals surface area contributed by atoms with Gasteiger partial charge in [-0.25, -0.2) is 0 Å². The Hall–Kier alpha value is -1.88. The van der Waals surface area contributed by atoms with E-state index in [2.05, 4.69) is 12.1 Å². The van der Waals surface area contributed by atoms with Gasteiger partial charge < -0.3 is 10.2 Å². The van der Waals surface area contributed by atoms with Crippen LogP contribution >= 0.6 is 0 Å². The first-order chi connectivity index (χ1) is 5.86. The number of rotatable bonds is 1. The van der Waals surface area contributed by atoms with Gasteiger partial charge in [0.15, 0.2) is 0 Å². The highest BCUT2D eigenvalue weighted by Gasteiger charge is 1.98. The summed E-state index contributed by atoms with van der Waals surface area (Å²) in [5.74, 6) is 0.798. The molecule has 0 unspecified atom stereocenters. The highest BCUT2D eigenvalue weighted by molar-refractivity contribution is 5.60. The molecule has 0 fully saturated rings. The average molecular weight is 157 g/mol. The van der Waals surface area contributed by atoms with Crippen LogP contribution in [0.15, 0.2) is 34.9 Å². The van der Waals surface area contributed by atoms with E-state index < -0.39 is 0 Å². The highest BCUT2D eigenvalue weighted by atomic mass is 16.3. The summed E-state index contributed by atoms with van der Waals surface area (Å²) in [6, 6.07) is 12.9. The normalized spacial score (nSPS) is 9.33. The fourth-order valence-electron chi connectivity index (χ4n) is 1.03. The molecule has 1 heterocycles. The van der Waals surface area contributed by atoms with Gasteiger partial charge >= 0.3 is 0 Å². The van der Waals surface area contributed by atoms with E-state index in [1.54, 1.807) is 18.4 Å². The molecule has 1 aromatic carbocycles. The Bertz CT molecular complexity index is 365. The van der Waals surface area contributed by atoms with Gasteiger partial charge in [-0.3, -0.25) is 0 Å². The maximum Gasteiger partial charge on any atom is 0.134 e. The van der Waals surface area contributed by atoms with Gasteiger partial charge in [-0.2, -0.15) is 0 Å². The minimum absolute atomic E-state index is 0.573. The van der Waals surface area contributed by atoms with Crippen LogP contribution in [0.3, 0.4) is 0 Å². The molecule has 0 saturated heterocycles. The summed E-state index contributed by atoms with van der Waals surface area (Å²) in [6.07, 6.45) is 1.63. The molecule has 0 spiro atoms. The van der Waals surface area contributed by atoms with Crippen LogP contribution in [0.4, 0.5) is 5.69 Å². The van der Waals surface area contributed by atoms with Crippen molar-refractivity contribution >= 4 is 5.69 Å². The van der Waals surface area contributed by atoms with Crippen LogP contribution in [0.5, 0.6) is 0 Å². The Morgan fingerprint density at radius 2 is 2.33 bits per heavy atom. The van der Waals surface area contributed by atoms with Gasteiger partial charge in [-0.05, 0) is 30.3 Å². The van der Waals surface area contributed by atoms with E-state index >= 15 is 0 Å². The number of nitrogens with two attached hydrogens (primary N) is 1. The number of hydrogen-bond acceptors (Lipinski definition) is 2. The van der Waals surface area contributed by atoms with Crippen molar-refractivity contribution in [3.63, 3.8) is 0 Å². The van der Waals surface area contributed by atoms with Crippen LogP contribution in [0.1, 0.15) is 0 Å². The highest BCUT2D eigenvalue weighted by Crippen LogP contribution is 2.19. The van der Waals surface area contributed by atoms with Gasteiger partial charge in [0.05, 0.1) is 12.0 Å². The lowest BCUT2D eigenvalue weighted by Gasteiger charge is -1.93. The Labute approximate surface area is 70.6 Å². The van der Waals surface area contributed by atoms with E-state index in [1.165, 1.54) is 0 Å². The predicted octanol–water partition coefficient (Wildman–Crippen LogP) is 2.13. The van der Waals surface area contributed by atoms with Crippen molar-refractivity contribution < 1.29 is 4.42 Å². The Morgan fingerprint density at radius 1 is 1.42 bits per heavy atom. The molecule has 2 N–H and O–H groups in total. The van der Waals surface area contributed by atoms with Crippen molar-refractivity contribution in [1.82, 2.24) is 0 Å². The molecule has 2 heteroatoms. The first-order valence-corrected chi connectivity index (χ1v) is 3.59. The lowest BCUT2D eigenvalue weighted by atomic mass is 10.2. The molecule has 2 aromatic rings. The number of anilines is 1. The Kier molecular flexibility index (Phi) is 1.49. The molecule has 0 amide bonds. The lowest BCUT2D eigenvalue weighted by molar-refractivity contribution is 0.582. The van der Waals surface area contributed by atoms with Crippen molar-refractivity contribution in [3.05, 3.63) is 42.7 Å². The first-order valence-electron chi connectivity index (χ1n) is 3.59. The van der Waals surface area contributed by atoms with Crippen molar-refractivity contribution in [2.75, 3.05) is 5.73 Å². The van der Waals surface area contributed by atoms with E-state index in [0.29, 0.717) is 5.69 Å². The van der Waals surface area contributed by atoms with E-state index in [1.807, 2.05) is 12.1 Å². The molecule has 0 bridgehead atoms. The van der Waals surface area contributed by atoms with E-state index in [4.69, 9.17) is 10.2 Å². The van der Waals surface area contributed by atoms with Gasteiger partial charge in [-0.15, -0.1) is 0 Å². The number of furan rings is 1. The summed E-state index contributed by atoms with van der Waals surface area (Å²) in [5, 5.41) is 0. The monoisotopic (exact) mass is 157 g/mol. The SMILES string of the molecule is Nc1c#ccc(-c2ccco2)c1. The summed E-state index contributed by atoms with van der Waals surface area (Å²) in [4.78, 5) is 0. The van der Waals surface area contributed by atoms with Gasteiger partial charge in [0, 0.05) is 5.56 Å². The maximum atomic E-state index is 5.54. The van der Waals surface area contributed by atoms with Crippen LogP contribution in [-0.2, 0) is 0 Å². The molecule has 2 rings (SSSR count). The zero-order valence-corrected chi connectivity index (χ0v) is 6.37. The molecule has 0 saturated carbocycles. The summed E-state index contributed by atoms with van der Waals surface area (Å²) in [5.41, 5.74) is 7.04. The average Bonchev–Trinajstić information content (AvgIpc) is 2.56. The van der Waals surface area contributed by atoms with Crippen molar-refractivity contribution in [2.24, 2.45) is 0 Å². The summed E-state index contributed by atoms with van der Waals surface area (Å²) in [6.45, 7) is 0. The topological polar surface area (TPSA) is 39.2 Å².